The van der Waals surface area contributed by atoms with Gasteiger partial charge in [-0.15, -0.1) is 0 Å². The Kier molecular flexibility index (Phi) is 3.93. The van der Waals surface area contributed by atoms with Crippen LogP contribution in [0.4, 0.5) is 0 Å². The molecule has 0 bridgehead atoms. The summed E-state index contributed by atoms with van der Waals surface area (Å²) in [5, 5.41) is 0. The van der Waals surface area contributed by atoms with Gasteiger partial charge in [0.1, 0.15) is 0 Å². The SMILES string of the molecule is Cc1cc(Br)oc1C(=O)N(C)C(C)CN. The Morgan fingerprint density at radius 1 is 1.73 bits per heavy atom. The average Bonchev–Trinajstić information content (AvgIpc) is 2.54. The van der Waals surface area contributed by atoms with Gasteiger partial charge < -0.3 is 15.1 Å². The molecular formula is C10H15BrN2O2. The molecule has 1 heterocycles. The minimum atomic E-state index is -0.142. The van der Waals surface area contributed by atoms with Gasteiger partial charge >= 0.3 is 0 Å². The fourth-order valence-corrected chi connectivity index (χ4v) is 1.68. The highest BCUT2D eigenvalue weighted by Crippen LogP contribution is 2.21. The molecule has 84 valence electrons. The normalized spacial score (nSPS) is 12.6. The molecular weight excluding hydrogens is 260 g/mol. The number of hydrogen-bond acceptors (Lipinski definition) is 3. The van der Waals surface area contributed by atoms with Crippen LogP contribution >= 0.6 is 15.9 Å². The summed E-state index contributed by atoms with van der Waals surface area (Å²) >= 11 is 3.19. The van der Waals surface area contributed by atoms with Gasteiger partial charge in [-0.2, -0.15) is 0 Å². The molecule has 0 spiro atoms. The summed E-state index contributed by atoms with van der Waals surface area (Å²) in [6.07, 6.45) is 0. The number of hydrogen-bond donors (Lipinski definition) is 1. The van der Waals surface area contributed by atoms with Crippen LogP contribution in [0.15, 0.2) is 15.2 Å². The quantitative estimate of drug-likeness (QED) is 0.914. The lowest BCUT2D eigenvalue weighted by Gasteiger charge is -2.22. The molecule has 1 rings (SSSR count). The number of nitrogens with two attached hydrogens (primary N) is 1. The predicted molar refractivity (Wildman–Crippen MR) is 61.8 cm³/mol. The summed E-state index contributed by atoms with van der Waals surface area (Å²) in [7, 11) is 1.72. The lowest BCUT2D eigenvalue weighted by atomic mass is 10.2. The van der Waals surface area contributed by atoms with Crippen LogP contribution in [0.2, 0.25) is 0 Å². The second-order valence-electron chi connectivity index (χ2n) is 3.56. The van der Waals surface area contributed by atoms with Crippen molar-refractivity contribution in [1.82, 2.24) is 4.90 Å². The molecule has 1 aromatic rings. The molecule has 0 saturated heterocycles. The summed E-state index contributed by atoms with van der Waals surface area (Å²) in [5.74, 6) is 0.223. The van der Waals surface area contributed by atoms with E-state index in [1.807, 2.05) is 13.8 Å². The van der Waals surface area contributed by atoms with Crippen LogP contribution in [0.5, 0.6) is 0 Å². The standard InChI is InChI=1S/C10H15BrN2O2/c1-6-4-8(11)15-9(6)10(14)13(3)7(2)5-12/h4,7H,5,12H2,1-3H3. The molecule has 1 atom stereocenters. The molecule has 0 fully saturated rings. The second kappa shape index (κ2) is 4.81. The van der Waals surface area contributed by atoms with Gasteiger partial charge in [-0.3, -0.25) is 4.79 Å². The predicted octanol–water partition coefficient (Wildman–Crippen LogP) is 1.77. The first-order valence-electron chi connectivity index (χ1n) is 4.70. The van der Waals surface area contributed by atoms with Crippen molar-refractivity contribution in [2.45, 2.75) is 19.9 Å². The summed E-state index contributed by atoms with van der Waals surface area (Å²) in [6.45, 7) is 4.16. The second-order valence-corrected chi connectivity index (χ2v) is 4.35. The van der Waals surface area contributed by atoms with Crippen molar-refractivity contribution in [3.63, 3.8) is 0 Å². The van der Waals surface area contributed by atoms with Crippen LogP contribution in [-0.2, 0) is 0 Å². The zero-order valence-corrected chi connectivity index (χ0v) is 10.7. The van der Waals surface area contributed by atoms with Gasteiger partial charge in [-0.1, -0.05) is 0 Å². The third kappa shape index (κ3) is 2.60. The molecule has 1 amide bonds. The number of halogens is 1. The van der Waals surface area contributed by atoms with Crippen LogP contribution in [-0.4, -0.2) is 30.4 Å². The average molecular weight is 275 g/mol. The zero-order valence-electron chi connectivity index (χ0n) is 9.08. The van der Waals surface area contributed by atoms with Crippen molar-refractivity contribution >= 4 is 21.8 Å². The third-order valence-corrected chi connectivity index (χ3v) is 2.80. The molecule has 0 aliphatic carbocycles. The lowest BCUT2D eigenvalue weighted by Crippen LogP contribution is -2.39. The number of rotatable bonds is 3. The van der Waals surface area contributed by atoms with Crippen LogP contribution in [0.1, 0.15) is 23.0 Å². The van der Waals surface area contributed by atoms with Gasteiger partial charge in [0.05, 0.1) is 0 Å². The van der Waals surface area contributed by atoms with Crippen molar-refractivity contribution in [3.05, 3.63) is 22.1 Å². The summed E-state index contributed by atoms with van der Waals surface area (Å²) < 4.78 is 5.84. The van der Waals surface area contributed by atoms with E-state index in [0.29, 0.717) is 17.0 Å². The first kappa shape index (κ1) is 12.3. The van der Waals surface area contributed by atoms with Crippen molar-refractivity contribution in [3.8, 4) is 0 Å². The topological polar surface area (TPSA) is 59.5 Å². The molecule has 15 heavy (non-hydrogen) atoms. The molecule has 0 aliphatic rings. The van der Waals surface area contributed by atoms with E-state index in [1.54, 1.807) is 18.0 Å². The number of amides is 1. The first-order chi connectivity index (χ1) is 6.97. The fraction of sp³-hybridized carbons (Fsp3) is 0.500. The molecule has 1 aromatic heterocycles. The monoisotopic (exact) mass is 274 g/mol. The number of carbonyl (C=O) groups is 1. The Balaban J connectivity index is 2.89. The molecule has 0 aliphatic heterocycles. The third-order valence-electron chi connectivity index (χ3n) is 2.40. The lowest BCUT2D eigenvalue weighted by molar-refractivity contribution is 0.0714. The minimum Gasteiger partial charge on any atom is -0.444 e. The van der Waals surface area contributed by atoms with Gasteiger partial charge in [0, 0.05) is 25.2 Å². The summed E-state index contributed by atoms with van der Waals surface area (Å²) in [4.78, 5) is 13.5. The van der Waals surface area contributed by atoms with Crippen LogP contribution in [0, 0.1) is 6.92 Å². The van der Waals surface area contributed by atoms with E-state index in [-0.39, 0.29) is 11.9 Å². The molecule has 1 unspecified atom stereocenters. The van der Waals surface area contributed by atoms with E-state index in [9.17, 15) is 4.79 Å². The van der Waals surface area contributed by atoms with Gasteiger partial charge in [-0.05, 0) is 35.8 Å². The number of carbonyl (C=O) groups excluding carboxylic acids is 1. The molecule has 5 heteroatoms. The van der Waals surface area contributed by atoms with E-state index in [2.05, 4.69) is 15.9 Å². The van der Waals surface area contributed by atoms with Crippen molar-refractivity contribution < 1.29 is 9.21 Å². The maximum Gasteiger partial charge on any atom is 0.289 e. The van der Waals surface area contributed by atoms with Crippen LogP contribution in [0.25, 0.3) is 0 Å². The highest BCUT2D eigenvalue weighted by Gasteiger charge is 2.21. The van der Waals surface area contributed by atoms with Crippen LogP contribution < -0.4 is 5.73 Å². The van der Waals surface area contributed by atoms with Crippen LogP contribution in [0.3, 0.4) is 0 Å². The van der Waals surface area contributed by atoms with E-state index >= 15 is 0 Å². The van der Waals surface area contributed by atoms with Crippen molar-refractivity contribution in [1.29, 1.82) is 0 Å². The molecule has 2 N–H and O–H groups in total. The largest absolute Gasteiger partial charge is 0.444 e. The van der Waals surface area contributed by atoms with Gasteiger partial charge in [0.25, 0.3) is 5.91 Å². The maximum atomic E-state index is 11.9. The fourth-order valence-electron chi connectivity index (χ4n) is 1.17. The maximum absolute atomic E-state index is 11.9. The highest BCUT2D eigenvalue weighted by atomic mass is 79.9. The Morgan fingerprint density at radius 2 is 2.33 bits per heavy atom. The Labute approximate surface area is 97.5 Å². The van der Waals surface area contributed by atoms with E-state index < -0.39 is 0 Å². The Hall–Kier alpha value is -0.810. The van der Waals surface area contributed by atoms with Gasteiger partial charge in [0.15, 0.2) is 10.4 Å². The first-order valence-corrected chi connectivity index (χ1v) is 5.49. The smallest absolute Gasteiger partial charge is 0.289 e. The van der Waals surface area contributed by atoms with Crippen molar-refractivity contribution in [2.75, 3.05) is 13.6 Å². The number of furan rings is 1. The Bertz CT molecular complexity index is 362. The molecule has 0 radical (unpaired) electrons. The molecule has 4 nitrogen and oxygen atoms in total. The van der Waals surface area contributed by atoms with Crippen molar-refractivity contribution in [2.24, 2.45) is 5.73 Å². The van der Waals surface area contributed by atoms with E-state index in [4.69, 9.17) is 10.2 Å². The van der Waals surface area contributed by atoms with Gasteiger partial charge in [-0.25, -0.2) is 0 Å². The van der Waals surface area contributed by atoms with E-state index in [1.165, 1.54) is 0 Å². The number of likely N-dealkylation sites (N-methyl/N-ethyl adjacent to an activating group) is 1. The zero-order chi connectivity index (χ0) is 11.6. The van der Waals surface area contributed by atoms with Gasteiger partial charge in [0.2, 0.25) is 0 Å². The molecule has 0 saturated carbocycles. The molecule has 0 aromatic carbocycles. The minimum absolute atomic E-state index is 0.000718. The number of aryl methyl sites for hydroxylation is 1. The summed E-state index contributed by atoms with van der Waals surface area (Å²) in [6, 6.07) is 1.77. The summed E-state index contributed by atoms with van der Waals surface area (Å²) in [5.41, 5.74) is 6.32. The number of nitrogens with zero attached hydrogens (tertiary/aromatic N) is 1. The Morgan fingerprint density at radius 3 is 2.73 bits per heavy atom. The highest BCUT2D eigenvalue weighted by molar-refractivity contribution is 9.10. The van der Waals surface area contributed by atoms with E-state index in [0.717, 1.165) is 5.56 Å².